The van der Waals surface area contributed by atoms with Gasteiger partial charge in [0.25, 0.3) is 5.91 Å². The quantitative estimate of drug-likeness (QED) is 0.655. The minimum atomic E-state index is -0.226. The third-order valence-electron chi connectivity index (χ3n) is 4.37. The number of anilines is 3. The van der Waals surface area contributed by atoms with Gasteiger partial charge in [-0.05, 0) is 43.0 Å². The first-order chi connectivity index (χ1) is 12.9. The second-order valence-electron chi connectivity index (χ2n) is 6.93. The van der Waals surface area contributed by atoms with Crippen molar-refractivity contribution in [2.45, 2.75) is 33.6 Å². The molecular formula is C22H24N4O. The fourth-order valence-electron chi connectivity index (χ4n) is 2.89. The maximum absolute atomic E-state index is 12.5. The Hall–Kier alpha value is -3.21. The molecule has 0 spiro atoms. The Morgan fingerprint density at radius 2 is 1.67 bits per heavy atom. The van der Waals surface area contributed by atoms with Crippen LogP contribution in [-0.2, 0) is 0 Å². The lowest BCUT2D eigenvalue weighted by atomic mass is 10.0. The highest BCUT2D eigenvalue weighted by molar-refractivity contribution is 6.04. The Labute approximate surface area is 159 Å². The van der Waals surface area contributed by atoms with Crippen LogP contribution < -0.4 is 10.6 Å². The summed E-state index contributed by atoms with van der Waals surface area (Å²) in [4.78, 5) is 21.0. The van der Waals surface area contributed by atoms with Gasteiger partial charge in [-0.2, -0.15) is 0 Å². The van der Waals surface area contributed by atoms with Gasteiger partial charge in [0, 0.05) is 23.8 Å². The minimum absolute atomic E-state index is 0.226. The van der Waals surface area contributed by atoms with E-state index < -0.39 is 0 Å². The zero-order valence-electron chi connectivity index (χ0n) is 16.1. The smallest absolute Gasteiger partial charge is 0.258 e. The number of nitrogens with zero attached hydrogens (tertiary/aromatic N) is 2. The molecule has 1 heterocycles. The van der Waals surface area contributed by atoms with Crippen molar-refractivity contribution in [3.8, 4) is 0 Å². The number of carbonyl (C=O) groups is 1. The Morgan fingerprint density at radius 1 is 0.963 bits per heavy atom. The molecule has 1 aromatic heterocycles. The van der Waals surface area contributed by atoms with Crippen LogP contribution >= 0.6 is 0 Å². The molecule has 5 heteroatoms. The predicted octanol–water partition coefficient (Wildman–Crippen LogP) is 5.21. The van der Waals surface area contributed by atoms with Crippen molar-refractivity contribution in [1.82, 2.24) is 9.97 Å². The lowest BCUT2D eigenvalue weighted by Crippen LogP contribution is -2.14. The number of aromatic nitrogens is 2. The summed E-state index contributed by atoms with van der Waals surface area (Å²) in [6.07, 6.45) is 3.07. The van der Waals surface area contributed by atoms with Crippen LogP contribution in [0.1, 0.15) is 46.8 Å². The summed E-state index contributed by atoms with van der Waals surface area (Å²) in [6.45, 7) is 8.28. The summed E-state index contributed by atoms with van der Waals surface area (Å²) in [6, 6.07) is 14.0. The summed E-state index contributed by atoms with van der Waals surface area (Å²) in [5, 5.41) is 6.14. The zero-order valence-corrected chi connectivity index (χ0v) is 16.1. The van der Waals surface area contributed by atoms with Gasteiger partial charge in [-0.3, -0.25) is 4.79 Å². The first-order valence-corrected chi connectivity index (χ1v) is 9.00. The van der Waals surface area contributed by atoms with Crippen LogP contribution in [0.4, 0.5) is 17.3 Å². The molecule has 1 amide bonds. The van der Waals surface area contributed by atoms with Crippen LogP contribution in [0.5, 0.6) is 0 Å². The van der Waals surface area contributed by atoms with Gasteiger partial charge < -0.3 is 10.6 Å². The van der Waals surface area contributed by atoms with E-state index in [2.05, 4.69) is 40.5 Å². The molecule has 27 heavy (non-hydrogen) atoms. The molecule has 138 valence electrons. The van der Waals surface area contributed by atoms with E-state index in [-0.39, 0.29) is 5.91 Å². The van der Waals surface area contributed by atoms with E-state index >= 15 is 0 Å². The van der Waals surface area contributed by atoms with Crippen LogP contribution in [0.3, 0.4) is 0 Å². The number of nitrogens with one attached hydrogen (secondary N) is 2. The fourth-order valence-corrected chi connectivity index (χ4v) is 2.89. The third kappa shape index (κ3) is 4.50. The van der Waals surface area contributed by atoms with E-state index in [0.29, 0.717) is 17.4 Å². The number of hydrogen-bond acceptors (Lipinski definition) is 4. The Kier molecular flexibility index (Phi) is 5.50. The van der Waals surface area contributed by atoms with Crippen LogP contribution in [-0.4, -0.2) is 15.9 Å². The lowest BCUT2D eigenvalue weighted by molar-refractivity contribution is 0.102. The van der Waals surface area contributed by atoms with Gasteiger partial charge in [-0.15, -0.1) is 0 Å². The Bertz CT molecular complexity index is 949. The average Bonchev–Trinajstić information content (AvgIpc) is 2.65. The van der Waals surface area contributed by atoms with Gasteiger partial charge >= 0.3 is 0 Å². The molecule has 0 bridgehead atoms. The molecule has 5 nitrogen and oxygen atoms in total. The normalized spacial score (nSPS) is 10.7. The summed E-state index contributed by atoms with van der Waals surface area (Å²) < 4.78 is 0. The lowest BCUT2D eigenvalue weighted by Gasteiger charge is -2.13. The third-order valence-corrected chi connectivity index (χ3v) is 4.37. The number of benzene rings is 2. The summed E-state index contributed by atoms with van der Waals surface area (Å²) in [5.41, 5.74) is 5.55. The van der Waals surface area contributed by atoms with Gasteiger partial charge in [0.15, 0.2) is 0 Å². The SMILES string of the molecule is Cc1ccc(NC(=O)c2cnc(Nc3ccccc3C(C)C)nc2)c(C)c1. The van der Waals surface area contributed by atoms with Crippen LogP contribution in [0.25, 0.3) is 0 Å². The number of hydrogen-bond donors (Lipinski definition) is 2. The van der Waals surface area contributed by atoms with E-state index in [1.807, 2.05) is 50.2 Å². The molecule has 3 aromatic rings. The van der Waals surface area contributed by atoms with Crippen molar-refractivity contribution in [2.75, 3.05) is 10.6 Å². The predicted molar refractivity (Wildman–Crippen MR) is 110 cm³/mol. The van der Waals surface area contributed by atoms with Gasteiger partial charge in [0.1, 0.15) is 0 Å². The largest absolute Gasteiger partial charge is 0.324 e. The number of para-hydroxylation sites is 1. The monoisotopic (exact) mass is 360 g/mol. The van der Waals surface area contributed by atoms with E-state index in [1.165, 1.54) is 18.0 Å². The zero-order chi connectivity index (χ0) is 19.4. The van der Waals surface area contributed by atoms with Crippen LogP contribution in [0.15, 0.2) is 54.9 Å². The van der Waals surface area contributed by atoms with Gasteiger partial charge in [0.2, 0.25) is 5.95 Å². The molecule has 0 aliphatic rings. The van der Waals surface area contributed by atoms with Crippen LogP contribution in [0, 0.1) is 13.8 Å². The van der Waals surface area contributed by atoms with E-state index in [0.717, 1.165) is 22.5 Å². The molecule has 0 atom stereocenters. The highest BCUT2D eigenvalue weighted by Crippen LogP contribution is 2.25. The maximum atomic E-state index is 12.5. The first kappa shape index (κ1) is 18.6. The van der Waals surface area contributed by atoms with Crippen molar-refractivity contribution in [1.29, 1.82) is 0 Å². The first-order valence-electron chi connectivity index (χ1n) is 9.00. The van der Waals surface area contributed by atoms with Crippen molar-refractivity contribution >= 4 is 23.2 Å². The van der Waals surface area contributed by atoms with Gasteiger partial charge in [-0.1, -0.05) is 49.7 Å². The van der Waals surface area contributed by atoms with Crippen molar-refractivity contribution in [3.63, 3.8) is 0 Å². The molecule has 2 N–H and O–H groups in total. The molecule has 0 radical (unpaired) electrons. The highest BCUT2D eigenvalue weighted by Gasteiger charge is 2.11. The van der Waals surface area contributed by atoms with E-state index in [1.54, 1.807) is 0 Å². The Balaban J connectivity index is 1.73. The van der Waals surface area contributed by atoms with Gasteiger partial charge in [0.05, 0.1) is 5.56 Å². The molecule has 2 aromatic carbocycles. The molecular weight excluding hydrogens is 336 g/mol. The summed E-state index contributed by atoms with van der Waals surface area (Å²) in [7, 11) is 0. The Morgan fingerprint density at radius 3 is 2.33 bits per heavy atom. The number of rotatable bonds is 5. The topological polar surface area (TPSA) is 66.9 Å². The molecule has 0 saturated heterocycles. The average molecular weight is 360 g/mol. The minimum Gasteiger partial charge on any atom is -0.324 e. The molecule has 0 unspecified atom stereocenters. The van der Waals surface area contributed by atoms with Crippen LogP contribution in [0.2, 0.25) is 0 Å². The fraction of sp³-hybridized carbons (Fsp3) is 0.227. The second-order valence-corrected chi connectivity index (χ2v) is 6.93. The molecule has 0 aliphatic carbocycles. The van der Waals surface area contributed by atoms with Crippen molar-refractivity contribution < 1.29 is 4.79 Å². The van der Waals surface area contributed by atoms with E-state index in [4.69, 9.17) is 0 Å². The number of aryl methyl sites for hydroxylation is 2. The summed E-state index contributed by atoms with van der Waals surface area (Å²) >= 11 is 0. The molecule has 0 fully saturated rings. The highest BCUT2D eigenvalue weighted by atomic mass is 16.1. The second kappa shape index (κ2) is 7.99. The molecule has 3 rings (SSSR count). The number of amides is 1. The summed E-state index contributed by atoms with van der Waals surface area (Å²) in [5.74, 6) is 0.624. The maximum Gasteiger partial charge on any atom is 0.258 e. The van der Waals surface area contributed by atoms with Crippen molar-refractivity contribution in [3.05, 3.63) is 77.1 Å². The number of carbonyl (C=O) groups excluding carboxylic acids is 1. The van der Waals surface area contributed by atoms with Gasteiger partial charge in [-0.25, -0.2) is 9.97 Å². The standard InChI is InChI=1S/C22H24N4O/c1-14(2)18-7-5-6-8-20(18)26-22-23-12-17(13-24-22)21(27)25-19-10-9-15(3)11-16(19)4/h5-14H,1-4H3,(H,25,27)(H,23,24,26). The van der Waals surface area contributed by atoms with Crippen molar-refractivity contribution in [2.24, 2.45) is 0 Å². The molecule has 0 saturated carbocycles. The molecule has 0 aliphatic heterocycles. The van der Waals surface area contributed by atoms with E-state index in [9.17, 15) is 4.79 Å².